The molecular weight excluding hydrogens is 379 g/mol. The summed E-state index contributed by atoms with van der Waals surface area (Å²) in [7, 11) is 0. The molecule has 2 rings (SSSR count). The number of ether oxygens (including phenoxy) is 1. The van der Waals surface area contributed by atoms with Crippen LogP contribution in [0.1, 0.15) is 25.3 Å². The summed E-state index contributed by atoms with van der Waals surface area (Å²) in [6, 6.07) is 13.4. The maximum atomic E-state index is 12.8. The Hall–Kier alpha value is -2.54. The smallest absolute Gasteiger partial charge is 0.234 e. The third-order valence-corrected chi connectivity index (χ3v) is 4.77. The van der Waals surface area contributed by atoms with Gasteiger partial charge in [0.25, 0.3) is 0 Å². The normalized spacial score (nSPS) is 10.6. The van der Waals surface area contributed by atoms with Crippen LogP contribution in [-0.2, 0) is 9.59 Å². The molecule has 0 radical (unpaired) electrons. The minimum absolute atomic E-state index is 0.142. The average molecular weight is 405 g/mol. The molecule has 0 unspecified atom stereocenters. The molecule has 2 aromatic carbocycles. The molecule has 2 N–H and O–H groups in total. The highest BCUT2D eigenvalue weighted by Gasteiger charge is 2.06. The van der Waals surface area contributed by atoms with E-state index in [2.05, 4.69) is 24.5 Å². The van der Waals surface area contributed by atoms with Gasteiger partial charge in [-0.25, -0.2) is 4.39 Å². The van der Waals surface area contributed by atoms with E-state index in [1.54, 1.807) is 0 Å². The average Bonchev–Trinajstić information content (AvgIpc) is 2.67. The van der Waals surface area contributed by atoms with Gasteiger partial charge in [-0.2, -0.15) is 0 Å². The largest absolute Gasteiger partial charge is 0.492 e. The summed E-state index contributed by atoms with van der Waals surface area (Å²) < 4.78 is 18.4. The fourth-order valence-electron chi connectivity index (χ4n) is 2.33. The van der Waals surface area contributed by atoms with Gasteiger partial charge >= 0.3 is 0 Å². The Morgan fingerprint density at radius 2 is 1.64 bits per heavy atom. The van der Waals surface area contributed by atoms with Crippen molar-refractivity contribution in [3.63, 3.8) is 0 Å². The Balaban J connectivity index is 1.56. The minimum atomic E-state index is -0.361. The van der Waals surface area contributed by atoms with Crippen molar-refractivity contribution < 1.29 is 18.7 Å². The lowest BCUT2D eigenvalue weighted by Crippen LogP contribution is -2.30. The highest BCUT2D eigenvalue weighted by Crippen LogP contribution is 2.18. The predicted octanol–water partition coefficient (Wildman–Crippen LogP) is 3.82. The Labute approximate surface area is 169 Å². The lowest BCUT2D eigenvalue weighted by Gasteiger charge is -2.10. The van der Waals surface area contributed by atoms with Gasteiger partial charge in [0.1, 0.15) is 18.2 Å². The van der Waals surface area contributed by atoms with Crippen LogP contribution in [0.25, 0.3) is 0 Å². The van der Waals surface area contributed by atoms with E-state index in [9.17, 15) is 14.0 Å². The van der Waals surface area contributed by atoms with Crippen LogP contribution in [0.4, 0.5) is 10.1 Å². The SMILES string of the molecule is CC(C)c1ccc(OCCNC(=O)CSCC(=O)Nc2ccc(F)cc2)cc1. The maximum absolute atomic E-state index is 12.8. The number of thioether (sulfide) groups is 1. The van der Waals surface area contributed by atoms with Gasteiger partial charge in [0.2, 0.25) is 11.8 Å². The van der Waals surface area contributed by atoms with Crippen LogP contribution in [0.2, 0.25) is 0 Å². The number of hydrogen-bond acceptors (Lipinski definition) is 4. The predicted molar refractivity (Wildman–Crippen MR) is 111 cm³/mol. The first kappa shape index (κ1) is 21.8. The number of benzene rings is 2. The van der Waals surface area contributed by atoms with Crippen LogP contribution in [0.5, 0.6) is 5.75 Å². The third kappa shape index (κ3) is 8.00. The molecule has 0 atom stereocenters. The summed E-state index contributed by atoms with van der Waals surface area (Å²) in [5.41, 5.74) is 1.77. The number of rotatable bonds is 10. The van der Waals surface area contributed by atoms with Crippen LogP contribution in [0.15, 0.2) is 48.5 Å². The van der Waals surface area contributed by atoms with E-state index in [1.807, 2.05) is 24.3 Å². The first-order valence-corrected chi connectivity index (χ1v) is 10.2. The number of anilines is 1. The number of carbonyl (C=O) groups excluding carboxylic acids is 2. The van der Waals surface area contributed by atoms with E-state index in [-0.39, 0.29) is 29.1 Å². The summed E-state index contributed by atoms with van der Waals surface area (Å²) in [5.74, 6) is 0.814. The zero-order valence-electron chi connectivity index (χ0n) is 16.0. The van der Waals surface area contributed by atoms with Crippen LogP contribution in [-0.4, -0.2) is 36.5 Å². The van der Waals surface area contributed by atoms with E-state index in [0.29, 0.717) is 24.8 Å². The zero-order valence-corrected chi connectivity index (χ0v) is 16.9. The molecule has 0 spiro atoms. The molecule has 0 aromatic heterocycles. The quantitative estimate of drug-likeness (QED) is 0.591. The summed E-state index contributed by atoms with van der Waals surface area (Å²) in [4.78, 5) is 23.6. The van der Waals surface area contributed by atoms with Crippen LogP contribution in [0.3, 0.4) is 0 Å². The molecule has 28 heavy (non-hydrogen) atoms. The summed E-state index contributed by atoms with van der Waals surface area (Å²) in [5, 5.41) is 5.40. The highest BCUT2D eigenvalue weighted by atomic mass is 32.2. The molecule has 0 saturated heterocycles. The van der Waals surface area contributed by atoms with E-state index < -0.39 is 0 Å². The van der Waals surface area contributed by atoms with Crippen molar-refractivity contribution in [2.24, 2.45) is 0 Å². The summed E-state index contributed by atoms with van der Waals surface area (Å²) >= 11 is 1.21. The Morgan fingerprint density at radius 3 is 2.29 bits per heavy atom. The Kier molecular flexibility index (Phi) is 8.81. The van der Waals surface area contributed by atoms with E-state index >= 15 is 0 Å². The summed E-state index contributed by atoms with van der Waals surface area (Å²) in [6.07, 6.45) is 0. The van der Waals surface area contributed by atoms with Gasteiger partial charge in [-0.05, 0) is 47.9 Å². The molecule has 0 bridgehead atoms. The van der Waals surface area contributed by atoms with Gasteiger partial charge in [-0.3, -0.25) is 9.59 Å². The molecule has 0 saturated carbocycles. The molecular formula is C21H25FN2O3S. The molecule has 2 amide bonds. The molecule has 0 aliphatic rings. The van der Waals surface area contributed by atoms with Crippen molar-refractivity contribution >= 4 is 29.3 Å². The number of amides is 2. The van der Waals surface area contributed by atoms with Gasteiger partial charge in [-0.1, -0.05) is 26.0 Å². The number of nitrogens with one attached hydrogen (secondary N) is 2. The van der Waals surface area contributed by atoms with Crippen molar-refractivity contribution in [1.29, 1.82) is 0 Å². The second-order valence-electron chi connectivity index (χ2n) is 6.47. The van der Waals surface area contributed by atoms with Gasteiger partial charge in [0, 0.05) is 5.69 Å². The van der Waals surface area contributed by atoms with Crippen molar-refractivity contribution in [2.75, 3.05) is 30.0 Å². The first-order chi connectivity index (χ1) is 13.4. The van der Waals surface area contributed by atoms with Crippen LogP contribution in [0, 0.1) is 5.82 Å². The first-order valence-electron chi connectivity index (χ1n) is 9.06. The second kappa shape index (κ2) is 11.3. The second-order valence-corrected chi connectivity index (χ2v) is 7.46. The third-order valence-electron chi connectivity index (χ3n) is 3.83. The Morgan fingerprint density at radius 1 is 1.00 bits per heavy atom. The number of halogens is 1. The van der Waals surface area contributed by atoms with Crippen molar-refractivity contribution in [3.8, 4) is 5.75 Å². The lowest BCUT2D eigenvalue weighted by molar-refractivity contribution is -0.118. The standard InChI is InChI=1S/C21H25FN2O3S/c1-15(2)16-3-9-19(10-4-16)27-12-11-23-20(25)13-28-14-21(26)24-18-7-5-17(22)6-8-18/h3-10,15H,11-14H2,1-2H3,(H,23,25)(H,24,26). The molecule has 0 fully saturated rings. The molecule has 2 aromatic rings. The van der Waals surface area contributed by atoms with Crippen LogP contribution >= 0.6 is 11.8 Å². The molecule has 0 aliphatic heterocycles. The van der Waals surface area contributed by atoms with E-state index in [4.69, 9.17) is 4.74 Å². The van der Waals surface area contributed by atoms with E-state index in [0.717, 1.165) is 5.75 Å². The monoisotopic (exact) mass is 404 g/mol. The van der Waals surface area contributed by atoms with Crippen LogP contribution < -0.4 is 15.4 Å². The van der Waals surface area contributed by atoms with Gasteiger partial charge in [0.05, 0.1) is 18.1 Å². The van der Waals surface area contributed by atoms with Gasteiger partial charge in [0.15, 0.2) is 0 Å². The minimum Gasteiger partial charge on any atom is -0.492 e. The van der Waals surface area contributed by atoms with Gasteiger partial charge in [-0.15, -0.1) is 11.8 Å². The number of carbonyl (C=O) groups is 2. The van der Waals surface area contributed by atoms with E-state index in [1.165, 1.54) is 41.6 Å². The maximum Gasteiger partial charge on any atom is 0.234 e. The lowest BCUT2D eigenvalue weighted by atomic mass is 10.0. The van der Waals surface area contributed by atoms with Crippen molar-refractivity contribution in [1.82, 2.24) is 5.32 Å². The topological polar surface area (TPSA) is 67.4 Å². The fraction of sp³-hybridized carbons (Fsp3) is 0.333. The van der Waals surface area contributed by atoms with Crippen molar-refractivity contribution in [3.05, 3.63) is 59.9 Å². The highest BCUT2D eigenvalue weighted by molar-refractivity contribution is 8.00. The molecule has 7 heteroatoms. The number of hydrogen-bond donors (Lipinski definition) is 2. The molecule has 5 nitrogen and oxygen atoms in total. The fourth-order valence-corrected chi connectivity index (χ4v) is 2.97. The molecule has 0 heterocycles. The van der Waals surface area contributed by atoms with Crippen molar-refractivity contribution in [2.45, 2.75) is 19.8 Å². The van der Waals surface area contributed by atoms with Gasteiger partial charge < -0.3 is 15.4 Å². The Bertz CT molecular complexity index is 764. The molecule has 0 aliphatic carbocycles. The molecule has 150 valence electrons. The summed E-state index contributed by atoms with van der Waals surface area (Å²) in [6.45, 7) is 5.04. The zero-order chi connectivity index (χ0) is 20.4.